The van der Waals surface area contributed by atoms with Crippen LogP contribution in [0.25, 0.3) is 0 Å². The molecular weight excluding hydrogens is 276 g/mol. The smallest absolute Gasteiger partial charge is 0.0655 e. The fourth-order valence-corrected chi connectivity index (χ4v) is 2.13. The molecule has 0 saturated carbocycles. The minimum absolute atomic E-state index is 0.0495. The van der Waals surface area contributed by atoms with Gasteiger partial charge in [0.15, 0.2) is 0 Å². The Hall–Kier alpha value is -0.120. The maximum absolute atomic E-state index is 6.33. The Kier molecular flexibility index (Phi) is 8.08. The van der Waals surface area contributed by atoms with Crippen LogP contribution in [-0.2, 0) is 14.2 Å². The Labute approximate surface area is 139 Å². The number of rotatable bonds is 10. The zero-order valence-electron chi connectivity index (χ0n) is 16.8. The lowest BCUT2D eigenvalue weighted by Crippen LogP contribution is -2.39. The van der Waals surface area contributed by atoms with E-state index >= 15 is 0 Å². The Morgan fingerprint density at radius 1 is 0.591 bits per heavy atom. The van der Waals surface area contributed by atoms with Crippen LogP contribution in [0.5, 0.6) is 0 Å². The summed E-state index contributed by atoms with van der Waals surface area (Å²) in [5.74, 6) is 0. The summed E-state index contributed by atoms with van der Waals surface area (Å²) in [5.41, 5.74) is -0.540. The molecular formula is C19H40O3. The molecule has 0 bridgehead atoms. The van der Waals surface area contributed by atoms with Crippen molar-refractivity contribution in [2.24, 2.45) is 0 Å². The highest BCUT2D eigenvalue weighted by Gasteiger charge is 2.30. The highest BCUT2D eigenvalue weighted by Crippen LogP contribution is 2.27. The molecule has 0 fully saturated rings. The van der Waals surface area contributed by atoms with E-state index in [4.69, 9.17) is 14.2 Å². The highest BCUT2D eigenvalue weighted by molar-refractivity contribution is 4.78. The Morgan fingerprint density at radius 2 is 1.00 bits per heavy atom. The SMILES string of the molecule is CCC(C)(C)OCCC(C)(C)OC(C)(C)CCOC(C)(C)C. The van der Waals surface area contributed by atoms with Gasteiger partial charge in [-0.05, 0) is 81.6 Å². The van der Waals surface area contributed by atoms with Crippen LogP contribution in [0.15, 0.2) is 0 Å². The molecule has 134 valence electrons. The van der Waals surface area contributed by atoms with Crippen molar-refractivity contribution in [1.29, 1.82) is 0 Å². The summed E-state index contributed by atoms with van der Waals surface area (Å²) in [6.45, 7) is 22.7. The largest absolute Gasteiger partial charge is 0.376 e. The van der Waals surface area contributed by atoms with E-state index in [1.165, 1.54) is 0 Å². The second-order valence-corrected chi connectivity index (χ2v) is 9.04. The van der Waals surface area contributed by atoms with E-state index in [0.717, 1.165) is 25.9 Å². The van der Waals surface area contributed by atoms with Crippen LogP contribution in [0.3, 0.4) is 0 Å². The van der Waals surface area contributed by atoms with Gasteiger partial charge in [0, 0.05) is 6.61 Å². The molecule has 0 spiro atoms. The third-order valence-corrected chi connectivity index (χ3v) is 3.84. The predicted molar refractivity (Wildman–Crippen MR) is 94.5 cm³/mol. The van der Waals surface area contributed by atoms with Gasteiger partial charge in [0.05, 0.1) is 29.0 Å². The summed E-state index contributed by atoms with van der Waals surface area (Å²) in [6, 6.07) is 0. The molecule has 0 aromatic rings. The fraction of sp³-hybridized carbons (Fsp3) is 1.00. The van der Waals surface area contributed by atoms with Gasteiger partial charge in [0.2, 0.25) is 0 Å². The molecule has 0 atom stereocenters. The van der Waals surface area contributed by atoms with Gasteiger partial charge in [-0.1, -0.05) is 6.92 Å². The van der Waals surface area contributed by atoms with Crippen molar-refractivity contribution in [1.82, 2.24) is 0 Å². The fourth-order valence-electron chi connectivity index (χ4n) is 2.13. The van der Waals surface area contributed by atoms with Crippen LogP contribution in [-0.4, -0.2) is 35.6 Å². The highest BCUT2D eigenvalue weighted by atomic mass is 16.5. The van der Waals surface area contributed by atoms with Crippen molar-refractivity contribution >= 4 is 0 Å². The molecule has 0 aliphatic rings. The van der Waals surface area contributed by atoms with Crippen LogP contribution < -0.4 is 0 Å². The van der Waals surface area contributed by atoms with Gasteiger partial charge >= 0.3 is 0 Å². The number of ether oxygens (including phenoxy) is 3. The van der Waals surface area contributed by atoms with E-state index in [1.807, 2.05) is 0 Å². The van der Waals surface area contributed by atoms with E-state index < -0.39 is 0 Å². The Balaban J connectivity index is 4.25. The molecule has 0 aliphatic carbocycles. The second kappa shape index (κ2) is 8.12. The lowest BCUT2D eigenvalue weighted by atomic mass is 10.00. The molecule has 0 amide bonds. The molecule has 0 radical (unpaired) electrons. The van der Waals surface area contributed by atoms with Crippen LogP contribution in [0.1, 0.15) is 88.5 Å². The van der Waals surface area contributed by atoms with Gasteiger partial charge in [0.1, 0.15) is 0 Å². The van der Waals surface area contributed by atoms with Crippen molar-refractivity contribution in [2.45, 2.75) is 111 Å². The quantitative estimate of drug-likeness (QED) is 0.543. The van der Waals surface area contributed by atoms with Crippen LogP contribution in [0, 0.1) is 0 Å². The summed E-state index contributed by atoms with van der Waals surface area (Å²) in [6.07, 6.45) is 2.79. The van der Waals surface area contributed by atoms with Crippen LogP contribution in [0.2, 0.25) is 0 Å². The molecule has 0 aromatic heterocycles. The topological polar surface area (TPSA) is 27.7 Å². The summed E-state index contributed by atoms with van der Waals surface area (Å²) in [4.78, 5) is 0. The Morgan fingerprint density at radius 3 is 1.36 bits per heavy atom. The van der Waals surface area contributed by atoms with Gasteiger partial charge in [-0.15, -0.1) is 0 Å². The van der Waals surface area contributed by atoms with Crippen molar-refractivity contribution < 1.29 is 14.2 Å². The average Bonchev–Trinajstić information content (AvgIpc) is 2.24. The van der Waals surface area contributed by atoms with Crippen molar-refractivity contribution in [2.75, 3.05) is 13.2 Å². The Bertz CT molecular complexity index is 311. The van der Waals surface area contributed by atoms with Gasteiger partial charge < -0.3 is 14.2 Å². The minimum atomic E-state index is -0.199. The average molecular weight is 317 g/mol. The predicted octanol–water partition coefficient (Wildman–Crippen LogP) is 5.36. The second-order valence-electron chi connectivity index (χ2n) is 9.04. The molecule has 22 heavy (non-hydrogen) atoms. The molecule has 0 rings (SSSR count). The van der Waals surface area contributed by atoms with E-state index in [1.54, 1.807) is 0 Å². The van der Waals surface area contributed by atoms with Gasteiger partial charge in [0.25, 0.3) is 0 Å². The molecule has 3 heteroatoms. The van der Waals surface area contributed by atoms with Gasteiger partial charge in [-0.3, -0.25) is 0 Å². The first-order valence-electron chi connectivity index (χ1n) is 8.66. The molecule has 0 aromatic carbocycles. The molecule has 3 nitrogen and oxygen atoms in total. The lowest BCUT2D eigenvalue weighted by Gasteiger charge is -2.37. The molecule has 0 saturated heterocycles. The monoisotopic (exact) mass is 316 g/mol. The third kappa shape index (κ3) is 11.4. The number of hydrogen-bond acceptors (Lipinski definition) is 3. The standard InChI is InChI=1S/C19H40O3/c1-11-17(5,6)21-15-13-19(9,10)22-18(7,8)12-14-20-16(2,3)4/h11-15H2,1-10H3. The summed E-state index contributed by atoms with van der Waals surface area (Å²) < 4.78 is 18.1. The molecule has 0 N–H and O–H groups in total. The van der Waals surface area contributed by atoms with Crippen molar-refractivity contribution in [3.8, 4) is 0 Å². The maximum Gasteiger partial charge on any atom is 0.0655 e. The van der Waals surface area contributed by atoms with E-state index in [9.17, 15) is 0 Å². The molecule has 0 aliphatic heterocycles. The van der Waals surface area contributed by atoms with E-state index in [2.05, 4.69) is 69.2 Å². The summed E-state index contributed by atoms with van der Waals surface area (Å²) in [5, 5.41) is 0. The van der Waals surface area contributed by atoms with Crippen molar-refractivity contribution in [3.05, 3.63) is 0 Å². The van der Waals surface area contributed by atoms with Gasteiger partial charge in [-0.25, -0.2) is 0 Å². The minimum Gasteiger partial charge on any atom is -0.376 e. The molecule has 0 heterocycles. The normalized spacial score (nSPS) is 14.5. The van der Waals surface area contributed by atoms with Gasteiger partial charge in [-0.2, -0.15) is 0 Å². The lowest BCUT2D eigenvalue weighted by molar-refractivity contribution is -0.151. The van der Waals surface area contributed by atoms with Crippen molar-refractivity contribution in [3.63, 3.8) is 0 Å². The van der Waals surface area contributed by atoms with Crippen LogP contribution >= 0.6 is 0 Å². The third-order valence-electron chi connectivity index (χ3n) is 3.84. The zero-order chi connectivity index (χ0) is 17.7. The van der Waals surface area contributed by atoms with E-state index in [-0.39, 0.29) is 22.4 Å². The molecule has 0 unspecified atom stereocenters. The summed E-state index contributed by atoms with van der Waals surface area (Å²) >= 11 is 0. The number of hydrogen-bond donors (Lipinski definition) is 0. The van der Waals surface area contributed by atoms with E-state index in [0.29, 0.717) is 6.61 Å². The maximum atomic E-state index is 6.33. The first-order valence-corrected chi connectivity index (χ1v) is 8.66. The van der Waals surface area contributed by atoms with Crippen LogP contribution in [0.4, 0.5) is 0 Å². The zero-order valence-corrected chi connectivity index (χ0v) is 16.8. The first kappa shape index (κ1) is 21.9. The summed E-state index contributed by atoms with van der Waals surface area (Å²) in [7, 11) is 0. The first-order chi connectivity index (χ1) is 9.68.